The molecule has 0 atom stereocenters. The molecule has 1 heterocycles. The summed E-state index contributed by atoms with van der Waals surface area (Å²) >= 11 is 0. The molecule has 0 fully saturated rings. The molecule has 0 unspecified atom stereocenters. The lowest BCUT2D eigenvalue weighted by Crippen LogP contribution is -2.14. The van der Waals surface area contributed by atoms with Crippen molar-refractivity contribution in [2.45, 2.75) is 0 Å². The molecule has 0 saturated carbocycles. The highest BCUT2D eigenvalue weighted by atomic mass is 16.4. The van der Waals surface area contributed by atoms with Crippen molar-refractivity contribution in [2.75, 3.05) is 24.7 Å². The molecule has 1 rings (SSSR count). The van der Waals surface area contributed by atoms with E-state index in [1.165, 1.54) is 6.07 Å². The molecule has 0 radical (unpaired) electrons. The van der Waals surface area contributed by atoms with Gasteiger partial charge >= 0.3 is 5.97 Å². The number of aromatic nitrogens is 2. The Kier molecular flexibility index (Phi) is 2.32. The highest BCUT2D eigenvalue weighted by molar-refractivity contribution is 5.86. The number of rotatable bonds is 2. The predicted octanol–water partition coefficient (Wildman–Crippen LogP) is -0.177. The topological polar surface area (TPSA) is 92.3 Å². The molecular formula is C7H10N4O2. The Morgan fingerprint density at radius 2 is 2.15 bits per heavy atom. The molecule has 6 nitrogen and oxygen atoms in total. The lowest BCUT2D eigenvalue weighted by Gasteiger charge is -2.11. The van der Waals surface area contributed by atoms with Gasteiger partial charge in [0.1, 0.15) is 5.82 Å². The Morgan fingerprint density at radius 3 is 2.62 bits per heavy atom. The van der Waals surface area contributed by atoms with E-state index in [1.807, 2.05) is 0 Å². The summed E-state index contributed by atoms with van der Waals surface area (Å²) in [4.78, 5) is 19.6. The molecule has 0 bridgehead atoms. The molecule has 13 heavy (non-hydrogen) atoms. The van der Waals surface area contributed by atoms with Crippen LogP contribution in [-0.4, -0.2) is 35.1 Å². The second kappa shape index (κ2) is 3.26. The van der Waals surface area contributed by atoms with Gasteiger partial charge in [-0.25, -0.2) is 9.78 Å². The molecule has 0 aliphatic heterocycles. The van der Waals surface area contributed by atoms with Crippen LogP contribution in [0.15, 0.2) is 6.07 Å². The quantitative estimate of drug-likeness (QED) is 0.659. The van der Waals surface area contributed by atoms with Crippen LogP contribution in [0.25, 0.3) is 0 Å². The summed E-state index contributed by atoms with van der Waals surface area (Å²) in [5.41, 5.74) is 5.22. The van der Waals surface area contributed by atoms with Crippen LogP contribution in [0.3, 0.4) is 0 Å². The number of carboxylic acid groups (broad SMARTS) is 1. The molecule has 0 amide bonds. The van der Waals surface area contributed by atoms with Gasteiger partial charge in [0, 0.05) is 20.2 Å². The lowest BCUT2D eigenvalue weighted by molar-refractivity contribution is 0.0690. The maximum Gasteiger partial charge on any atom is 0.354 e. The van der Waals surface area contributed by atoms with Crippen LogP contribution in [0.1, 0.15) is 10.5 Å². The van der Waals surface area contributed by atoms with Crippen molar-refractivity contribution in [3.05, 3.63) is 11.8 Å². The zero-order chi connectivity index (χ0) is 10.0. The van der Waals surface area contributed by atoms with Crippen molar-refractivity contribution < 1.29 is 9.90 Å². The monoisotopic (exact) mass is 182 g/mol. The van der Waals surface area contributed by atoms with Crippen LogP contribution in [0.2, 0.25) is 0 Å². The van der Waals surface area contributed by atoms with Crippen molar-refractivity contribution in [3.63, 3.8) is 0 Å². The van der Waals surface area contributed by atoms with Crippen molar-refractivity contribution in [1.82, 2.24) is 9.97 Å². The first kappa shape index (κ1) is 9.24. The summed E-state index contributed by atoms with van der Waals surface area (Å²) < 4.78 is 0. The van der Waals surface area contributed by atoms with Gasteiger partial charge < -0.3 is 15.7 Å². The Morgan fingerprint density at radius 1 is 1.54 bits per heavy atom. The second-order valence-electron chi connectivity index (χ2n) is 2.67. The number of nitrogen functional groups attached to an aromatic ring is 1. The van der Waals surface area contributed by atoms with E-state index in [4.69, 9.17) is 10.8 Å². The summed E-state index contributed by atoms with van der Waals surface area (Å²) in [5.74, 6) is -0.675. The van der Waals surface area contributed by atoms with Crippen LogP contribution in [0.4, 0.5) is 11.8 Å². The minimum atomic E-state index is -1.11. The van der Waals surface area contributed by atoms with E-state index in [0.717, 1.165) is 0 Å². The first-order valence-corrected chi connectivity index (χ1v) is 3.56. The molecule has 1 aromatic heterocycles. The highest BCUT2D eigenvalue weighted by Crippen LogP contribution is 2.10. The number of carbonyl (C=O) groups is 1. The fraction of sp³-hybridized carbons (Fsp3) is 0.286. The molecule has 0 aliphatic carbocycles. The van der Waals surface area contributed by atoms with E-state index >= 15 is 0 Å². The molecule has 0 aliphatic rings. The van der Waals surface area contributed by atoms with Crippen LogP contribution in [-0.2, 0) is 0 Å². The van der Waals surface area contributed by atoms with E-state index in [0.29, 0.717) is 5.82 Å². The minimum absolute atomic E-state index is 0.0383. The average molecular weight is 182 g/mol. The van der Waals surface area contributed by atoms with Crippen molar-refractivity contribution >= 4 is 17.7 Å². The fourth-order valence-electron chi connectivity index (χ4n) is 0.791. The van der Waals surface area contributed by atoms with Crippen LogP contribution < -0.4 is 10.6 Å². The minimum Gasteiger partial charge on any atom is -0.477 e. The normalized spacial score (nSPS) is 9.69. The van der Waals surface area contributed by atoms with Crippen LogP contribution in [0, 0.1) is 0 Å². The van der Waals surface area contributed by atoms with Crippen LogP contribution in [0.5, 0.6) is 0 Å². The third-order valence-corrected chi connectivity index (χ3v) is 1.41. The molecule has 1 aromatic rings. The zero-order valence-electron chi connectivity index (χ0n) is 7.35. The van der Waals surface area contributed by atoms with Gasteiger partial charge in [-0.2, -0.15) is 4.98 Å². The second-order valence-corrected chi connectivity index (χ2v) is 2.67. The molecule has 0 aromatic carbocycles. The van der Waals surface area contributed by atoms with Gasteiger partial charge in [0.05, 0.1) is 0 Å². The Balaban J connectivity index is 3.19. The van der Waals surface area contributed by atoms with Gasteiger partial charge in [-0.1, -0.05) is 0 Å². The number of nitrogens with zero attached hydrogens (tertiary/aromatic N) is 3. The maximum atomic E-state index is 10.6. The van der Waals surface area contributed by atoms with Gasteiger partial charge in [-0.3, -0.25) is 0 Å². The third-order valence-electron chi connectivity index (χ3n) is 1.41. The smallest absolute Gasteiger partial charge is 0.354 e. The van der Waals surface area contributed by atoms with Gasteiger partial charge in [0.15, 0.2) is 5.69 Å². The molecule has 70 valence electrons. The first-order valence-electron chi connectivity index (χ1n) is 3.56. The van der Waals surface area contributed by atoms with E-state index in [9.17, 15) is 4.79 Å². The maximum absolute atomic E-state index is 10.6. The number of anilines is 2. The van der Waals surface area contributed by atoms with Gasteiger partial charge in [-0.05, 0) is 0 Å². The van der Waals surface area contributed by atoms with Crippen molar-refractivity contribution in [2.24, 2.45) is 0 Å². The van der Waals surface area contributed by atoms with Crippen molar-refractivity contribution in [1.29, 1.82) is 0 Å². The Labute approximate surface area is 75.0 Å². The third kappa shape index (κ3) is 2.05. The number of hydrogen-bond donors (Lipinski definition) is 2. The standard InChI is InChI=1S/C7H10N4O2/c1-11(2)5-3-4(6(12)13)9-7(8)10-5/h3H,1-2H3,(H,12,13)(H2,8,9,10). The highest BCUT2D eigenvalue weighted by Gasteiger charge is 2.09. The summed E-state index contributed by atoms with van der Waals surface area (Å²) in [7, 11) is 3.49. The molecule has 0 saturated heterocycles. The van der Waals surface area contributed by atoms with E-state index in [-0.39, 0.29) is 11.6 Å². The van der Waals surface area contributed by atoms with E-state index < -0.39 is 5.97 Å². The van der Waals surface area contributed by atoms with Crippen molar-refractivity contribution in [3.8, 4) is 0 Å². The largest absolute Gasteiger partial charge is 0.477 e. The molecular weight excluding hydrogens is 172 g/mol. The van der Waals surface area contributed by atoms with Gasteiger partial charge in [-0.15, -0.1) is 0 Å². The molecule has 6 heteroatoms. The Hall–Kier alpha value is -1.85. The van der Waals surface area contributed by atoms with E-state index in [1.54, 1.807) is 19.0 Å². The summed E-state index contributed by atoms with van der Waals surface area (Å²) in [6, 6.07) is 1.36. The zero-order valence-corrected chi connectivity index (χ0v) is 7.35. The SMILES string of the molecule is CN(C)c1cc(C(=O)O)nc(N)n1. The summed E-state index contributed by atoms with van der Waals surface area (Å²) in [6.45, 7) is 0. The molecule has 0 spiro atoms. The predicted molar refractivity (Wildman–Crippen MR) is 47.7 cm³/mol. The number of carboxylic acids is 1. The summed E-state index contributed by atoms with van der Waals surface area (Å²) in [5, 5.41) is 8.65. The van der Waals surface area contributed by atoms with Crippen LogP contribution >= 0.6 is 0 Å². The molecule has 3 N–H and O–H groups in total. The van der Waals surface area contributed by atoms with Gasteiger partial charge in [0.25, 0.3) is 0 Å². The number of nitrogens with two attached hydrogens (primary N) is 1. The Bertz CT molecular complexity index is 337. The lowest BCUT2D eigenvalue weighted by atomic mass is 10.4. The number of hydrogen-bond acceptors (Lipinski definition) is 5. The number of aromatic carboxylic acids is 1. The fourth-order valence-corrected chi connectivity index (χ4v) is 0.791. The van der Waals surface area contributed by atoms with E-state index in [2.05, 4.69) is 9.97 Å². The average Bonchev–Trinajstić information content (AvgIpc) is 2.03. The first-order chi connectivity index (χ1) is 6.00. The van der Waals surface area contributed by atoms with Gasteiger partial charge in [0.2, 0.25) is 5.95 Å². The summed E-state index contributed by atoms with van der Waals surface area (Å²) in [6.07, 6.45) is 0.